The predicted molar refractivity (Wildman–Crippen MR) is 53.3 cm³/mol. The Bertz CT molecular complexity index is 388. The molecule has 0 aromatic heterocycles. The normalized spacial score (nSPS) is 9.43. The van der Waals surface area contributed by atoms with E-state index < -0.39 is 11.6 Å². The van der Waals surface area contributed by atoms with Crippen molar-refractivity contribution in [2.45, 2.75) is 13.3 Å². The summed E-state index contributed by atoms with van der Waals surface area (Å²) in [5.41, 5.74) is 0.364. The highest BCUT2D eigenvalue weighted by Crippen LogP contribution is 2.14. The van der Waals surface area contributed by atoms with Gasteiger partial charge in [-0.3, -0.25) is 0 Å². The molecule has 0 heterocycles. The van der Waals surface area contributed by atoms with Crippen molar-refractivity contribution in [3.05, 3.63) is 34.9 Å². The molecule has 0 saturated heterocycles. The molecule has 0 bridgehead atoms. The molecule has 0 spiro atoms. The fourth-order valence-corrected chi connectivity index (χ4v) is 1.04. The zero-order valence-corrected chi connectivity index (χ0v) is 8.46. The number of hydrogen-bond acceptors (Lipinski definition) is 0. The van der Waals surface area contributed by atoms with Crippen molar-refractivity contribution in [1.82, 2.24) is 0 Å². The molecule has 0 amide bonds. The summed E-state index contributed by atoms with van der Waals surface area (Å²) in [6.45, 7) is 1.51. The van der Waals surface area contributed by atoms with Crippen molar-refractivity contribution in [2.24, 2.45) is 0 Å². The lowest BCUT2D eigenvalue weighted by atomic mass is 10.1. The molecule has 0 fully saturated rings. The van der Waals surface area contributed by atoms with E-state index in [0.717, 1.165) is 0 Å². The average Bonchev–Trinajstić information content (AvgIpc) is 2.18. The minimum absolute atomic E-state index is 0.0817. The highest BCUT2D eigenvalue weighted by atomic mass is 35.5. The number of halogens is 3. The standard InChI is InChI=1S/C11H9ClF2/c1-8-5-6-9(4-2-3-7-12)11(14)10(8)13/h5-6H,3,7H2,1H3. The number of rotatable bonds is 1. The van der Waals surface area contributed by atoms with E-state index in [4.69, 9.17) is 11.6 Å². The van der Waals surface area contributed by atoms with E-state index in [-0.39, 0.29) is 11.1 Å². The van der Waals surface area contributed by atoms with Crippen LogP contribution in [0.1, 0.15) is 17.5 Å². The third-order valence-electron chi connectivity index (χ3n) is 1.72. The molecule has 0 saturated carbocycles. The summed E-state index contributed by atoms with van der Waals surface area (Å²) in [5, 5.41) is 0. The van der Waals surface area contributed by atoms with Gasteiger partial charge in [-0.2, -0.15) is 0 Å². The van der Waals surface area contributed by atoms with Crippen molar-refractivity contribution >= 4 is 11.6 Å². The van der Waals surface area contributed by atoms with Gasteiger partial charge in [-0.1, -0.05) is 17.9 Å². The fourth-order valence-electron chi connectivity index (χ4n) is 0.948. The maximum Gasteiger partial charge on any atom is 0.174 e. The van der Waals surface area contributed by atoms with Crippen LogP contribution < -0.4 is 0 Å². The van der Waals surface area contributed by atoms with Gasteiger partial charge in [0.05, 0.1) is 5.56 Å². The SMILES string of the molecule is Cc1ccc(C#CCCCl)c(F)c1F. The zero-order chi connectivity index (χ0) is 10.6. The Hall–Kier alpha value is -1.07. The van der Waals surface area contributed by atoms with E-state index in [9.17, 15) is 8.78 Å². The molecule has 74 valence electrons. The Labute approximate surface area is 86.9 Å². The Morgan fingerprint density at radius 1 is 1.29 bits per heavy atom. The van der Waals surface area contributed by atoms with Gasteiger partial charge in [0.15, 0.2) is 11.6 Å². The summed E-state index contributed by atoms with van der Waals surface area (Å²) in [6, 6.07) is 2.97. The second-order valence-corrected chi connectivity index (χ2v) is 3.18. The maximum atomic E-state index is 13.2. The third kappa shape index (κ3) is 2.46. The second kappa shape index (κ2) is 4.97. The molecule has 0 aliphatic heterocycles. The number of aryl methyl sites for hydroxylation is 1. The van der Waals surface area contributed by atoms with Crippen molar-refractivity contribution < 1.29 is 8.78 Å². The maximum absolute atomic E-state index is 13.2. The topological polar surface area (TPSA) is 0 Å². The van der Waals surface area contributed by atoms with Gasteiger partial charge >= 0.3 is 0 Å². The summed E-state index contributed by atoms with van der Waals surface area (Å²) < 4.78 is 26.2. The van der Waals surface area contributed by atoms with Gasteiger partial charge in [0, 0.05) is 12.3 Å². The summed E-state index contributed by atoms with van der Waals surface area (Å²) in [4.78, 5) is 0. The summed E-state index contributed by atoms with van der Waals surface area (Å²) in [5.74, 6) is 3.86. The fraction of sp³-hybridized carbons (Fsp3) is 0.273. The Kier molecular flexibility index (Phi) is 3.91. The molecule has 1 aromatic rings. The first-order chi connectivity index (χ1) is 6.66. The van der Waals surface area contributed by atoms with Gasteiger partial charge in [-0.25, -0.2) is 8.78 Å². The predicted octanol–water partition coefficient (Wildman–Crippen LogP) is 3.25. The molecule has 0 radical (unpaired) electrons. The van der Waals surface area contributed by atoms with E-state index in [1.807, 2.05) is 0 Å². The van der Waals surface area contributed by atoms with Crippen LogP contribution in [0.2, 0.25) is 0 Å². The van der Waals surface area contributed by atoms with Gasteiger partial charge in [-0.15, -0.1) is 11.6 Å². The van der Waals surface area contributed by atoms with Gasteiger partial charge in [0.2, 0.25) is 0 Å². The molecule has 14 heavy (non-hydrogen) atoms. The van der Waals surface area contributed by atoms with Crippen molar-refractivity contribution in [1.29, 1.82) is 0 Å². The smallest absolute Gasteiger partial charge is 0.174 e. The first kappa shape index (κ1) is 11.0. The monoisotopic (exact) mass is 214 g/mol. The number of benzene rings is 1. The number of alkyl halides is 1. The third-order valence-corrected chi connectivity index (χ3v) is 1.91. The van der Waals surface area contributed by atoms with Crippen molar-refractivity contribution in [3.63, 3.8) is 0 Å². The zero-order valence-electron chi connectivity index (χ0n) is 7.70. The quantitative estimate of drug-likeness (QED) is 0.497. The molecule has 1 aromatic carbocycles. The van der Waals surface area contributed by atoms with Crippen LogP contribution in [0.5, 0.6) is 0 Å². The highest BCUT2D eigenvalue weighted by molar-refractivity contribution is 6.18. The molecule has 0 unspecified atom stereocenters. The van der Waals surface area contributed by atoms with E-state index in [1.54, 1.807) is 0 Å². The second-order valence-electron chi connectivity index (χ2n) is 2.80. The van der Waals surface area contributed by atoms with Gasteiger partial charge in [0.1, 0.15) is 0 Å². The van der Waals surface area contributed by atoms with Crippen LogP contribution in [0, 0.1) is 30.4 Å². The van der Waals surface area contributed by atoms with Gasteiger partial charge in [-0.05, 0) is 18.6 Å². The van der Waals surface area contributed by atoms with Crippen molar-refractivity contribution in [2.75, 3.05) is 5.88 Å². The first-order valence-electron chi connectivity index (χ1n) is 4.16. The molecule has 0 atom stereocenters. The van der Waals surface area contributed by atoms with Gasteiger partial charge < -0.3 is 0 Å². The van der Waals surface area contributed by atoms with Crippen LogP contribution in [0.15, 0.2) is 12.1 Å². The lowest BCUT2D eigenvalue weighted by Crippen LogP contribution is -1.92. The lowest BCUT2D eigenvalue weighted by Gasteiger charge is -1.99. The van der Waals surface area contributed by atoms with E-state index in [1.165, 1.54) is 19.1 Å². The minimum atomic E-state index is -0.882. The van der Waals surface area contributed by atoms with E-state index >= 15 is 0 Å². The van der Waals surface area contributed by atoms with Crippen molar-refractivity contribution in [3.8, 4) is 11.8 Å². The Morgan fingerprint density at radius 3 is 2.64 bits per heavy atom. The summed E-state index contributed by atoms with van der Waals surface area (Å²) in [7, 11) is 0. The highest BCUT2D eigenvalue weighted by Gasteiger charge is 2.08. The van der Waals surface area contributed by atoms with Crippen LogP contribution in [0.3, 0.4) is 0 Å². The summed E-state index contributed by atoms with van der Waals surface area (Å²) in [6.07, 6.45) is 0.469. The number of hydrogen-bond donors (Lipinski definition) is 0. The van der Waals surface area contributed by atoms with Gasteiger partial charge in [0.25, 0.3) is 0 Å². The molecule has 3 heteroatoms. The van der Waals surface area contributed by atoms with Crippen LogP contribution >= 0.6 is 11.6 Å². The molecule has 0 aliphatic carbocycles. The van der Waals surface area contributed by atoms with Crippen LogP contribution in [0.25, 0.3) is 0 Å². The van der Waals surface area contributed by atoms with Crippen LogP contribution in [0.4, 0.5) is 8.78 Å². The largest absolute Gasteiger partial charge is 0.203 e. The molecule has 1 rings (SSSR count). The Morgan fingerprint density at radius 2 is 2.00 bits per heavy atom. The minimum Gasteiger partial charge on any atom is -0.203 e. The molecule has 0 nitrogen and oxygen atoms in total. The van der Waals surface area contributed by atoms with Crippen LogP contribution in [-0.4, -0.2) is 5.88 Å². The molecular weight excluding hydrogens is 206 g/mol. The molecule has 0 aliphatic rings. The molecule has 0 N–H and O–H groups in total. The first-order valence-corrected chi connectivity index (χ1v) is 4.69. The molecular formula is C11H9ClF2. The van der Waals surface area contributed by atoms with Crippen LogP contribution in [-0.2, 0) is 0 Å². The van der Waals surface area contributed by atoms with E-state index in [2.05, 4.69) is 11.8 Å². The van der Waals surface area contributed by atoms with E-state index in [0.29, 0.717) is 12.3 Å². The summed E-state index contributed by atoms with van der Waals surface area (Å²) >= 11 is 5.39. The lowest BCUT2D eigenvalue weighted by molar-refractivity contribution is 0.501. The average molecular weight is 215 g/mol. The Balaban J connectivity index is 3.02.